The molecule has 1 aromatic carbocycles. The first kappa shape index (κ1) is 24.4. The van der Waals surface area contributed by atoms with Crippen LogP contribution in [0.1, 0.15) is 23.9 Å². The van der Waals surface area contributed by atoms with Crippen LogP contribution in [0.25, 0.3) is 23.2 Å². The zero-order valence-electron chi connectivity index (χ0n) is 17.7. The third-order valence-electron chi connectivity index (χ3n) is 3.62. The fourth-order valence-electron chi connectivity index (χ4n) is 2.35. The van der Waals surface area contributed by atoms with Gasteiger partial charge in [0.05, 0.1) is 6.20 Å². The highest BCUT2D eigenvalue weighted by molar-refractivity contribution is 5.57. The van der Waals surface area contributed by atoms with Crippen LogP contribution in [0.5, 0.6) is 0 Å². The minimum absolute atomic E-state index is 0.393. The number of pyridine rings is 1. The number of rotatable bonds is 3. The summed E-state index contributed by atoms with van der Waals surface area (Å²) >= 11 is 0. The molecule has 0 bridgehead atoms. The molecule has 0 aliphatic rings. The molecule has 0 saturated heterocycles. The third-order valence-corrected chi connectivity index (χ3v) is 3.62. The van der Waals surface area contributed by atoms with E-state index in [1.807, 2.05) is 31.9 Å². The van der Waals surface area contributed by atoms with Crippen LogP contribution < -0.4 is 5.73 Å². The van der Waals surface area contributed by atoms with Gasteiger partial charge < -0.3 is 19.4 Å². The van der Waals surface area contributed by atoms with E-state index in [0.717, 1.165) is 12.0 Å². The second-order valence-electron chi connectivity index (χ2n) is 5.72. The van der Waals surface area contributed by atoms with Gasteiger partial charge in [0.2, 0.25) is 11.8 Å². The quantitative estimate of drug-likeness (QED) is 0.538. The first-order chi connectivity index (χ1) is 14.7. The maximum absolute atomic E-state index is 8.00. The van der Waals surface area contributed by atoms with E-state index in [2.05, 4.69) is 57.1 Å². The molecule has 0 aliphatic carbocycles. The standard InChI is InChI=1S/C12H10N4O2.C8H10.CH5N.CH2O/c1-7-5-9(11-13-3-4-17-11)14-10(6-7)12-16-15-8(2)18-12;1-2-8-6-4-3-5-7-8;2*1-2/h3-6H,1-2H3;3-7H,2H2,1H3;2H2,1H3;1H2. The average Bonchev–Trinajstić information content (AvgIpc) is 3.49. The van der Waals surface area contributed by atoms with Crippen LogP contribution in [0.2, 0.25) is 0 Å². The highest BCUT2D eigenvalue weighted by atomic mass is 16.4. The lowest BCUT2D eigenvalue weighted by Crippen LogP contribution is -1.90. The number of nitrogens with two attached hydrogens (primary N) is 1. The molecule has 8 heteroatoms. The van der Waals surface area contributed by atoms with Crippen LogP contribution in [-0.4, -0.2) is 34.0 Å². The van der Waals surface area contributed by atoms with E-state index in [1.165, 1.54) is 18.9 Å². The van der Waals surface area contributed by atoms with Crippen molar-refractivity contribution in [3.05, 3.63) is 71.9 Å². The highest BCUT2D eigenvalue weighted by Gasteiger charge is 2.12. The molecule has 3 aromatic heterocycles. The number of hydrogen-bond acceptors (Lipinski definition) is 8. The molecule has 0 amide bonds. The fraction of sp³-hybridized carbons (Fsp3) is 0.227. The lowest BCUT2D eigenvalue weighted by molar-refractivity contribution is -0.0979. The van der Waals surface area contributed by atoms with E-state index in [-0.39, 0.29) is 0 Å². The minimum atomic E-state index is 0.393. The number of oxazole rings is 1. The summed E-state index contributed by atoms with van der Waals surface area (Å²) in [6.45, 7) is 7.86. The number of hydrogen-bond donors (Lipinski definition) is 1. The van der Waals surface area contributed by atoms with Crippen LogP contribution >= 0.6 is 0 Å². The fourth-order valence-corrected chi connectivity index (χ4v) is 2.35. The molecule has 158 valence electrons. The Morgan fingerprint density at radius 3 is 2.07 bits per heavy atom. The van der Waals surface area contributed by atoms with Crippen LogP contribution in [0.15, 0.2) is 63.8 Å². The van der Waals surface area contributed by atoms with Crippen molar-refractivity contribution in [3.8, 4) is 23.2 Å². The Morgan fingerprint density at radius 1 is 0.967 bits per heavy atom. The smallest absolute Gasteiger partial charge is 0.266 e. The monoisotopic (exact) mass is 409 g/mol. The molecule has 4 aromatic rings. The van der Waals surface area contributed by atoms with Crippen molar-refractivity contribution in [1.82, 2.24) is 20.2 Å². The van der Waals surface area contributed by atoms with Crippen LogP contribution in [0, 0.1) is 13.8 Å². The van der Waals surface area contributed by atoms with E-state index in [4.69, 9.17) is 13.6 Å². The Labute approximate surface area is 176 Å². The number of carbonyl (C=O) groups is 1. The van der Waals surface area contributed by atoms with Gasteiger partial charge in [-0.1, -0.05) is 37.3 Å². The summed E-state index contributed by atoms with van der Waals surface area (Å²) in [7, 11) is 1.50. The summed E-state index contributed by atoms with van der Waals surface area (Å²) in [4.78, 5) is 16.5. The highest BCUT2D eigenvalue weighted by Crippen LogP contribution is 2.22. The molecule has 2 N–H and O–H groups in total. The Balaban J connectivity index is 0.000000315. The van der Waals surface area contributed by atoms with Crippen LogP contribution in [0.4, 0.5) is 0 Å². The Morgan fingerprint density at radius 2 is 1.60 bits per heavy atom. The lowest BCUT2D eigenvalue weighted by atomic mass is 10.2. The molecule has 0 radical (unpaired) electrons. The van der Waals surface area contributed by atoms with Gasteiger partial charge in [0.1, 0.15) is 24.4 Å². The van der Waals surface area contributed by atoms with Gasteiger partial charge >= 0.3 is 0 Å². The van der Waals surface area contributed by atoms with Gasteiger partial charge in [0.25, 0.3) is 5.89 Å². The van der Waals surface area contributed by atoms with Crippen molar-refractivity contribution in [1.29, 1.82) is 0 Å². The summed E-state index contributed by atoms with van der Waals surface area (Å²) in [6.07, 6.45) is 4.23. The number of carbonyl (C=O) groups excluding carboxylic acids is 1. The predicted octanol–water partition coefficient (Wildman–Crippen LogP) is 4.04. The van der Waals surface area contributed by atoms with Gasteiger partial charge in [-0.2, -0.15) is 0 Å². The molecular formula is C22H27N5O3. The second-order valence-corrected chi connectivity index (χ2v) is 5.72. The zero-order chi connectivity index (χ0) is 22.4. The summed E-state index contributed by atoms with van der Waals surface area (Å²) in [5.74, 6) is 1.37. The second kappa shape index (κ2) is 13.5. The Bertz CT molecular complexity index is 970. The Hall–Kier alpha value is -3.65. The SMILES string of the molecule is C=O.CCc1ccccc1.CN.Cc1cc(-c2ncco2)nc(-c2nnc(C)o2)c1. The summed E-state index contributed by atoms with van der Waals surface area (Å²) in [6, 6.07) is 14.2. The number of nitrogens with zero attached hydrogens (tertiary/aromatic N) is 4. The van der Waals surface area contributed by atoms with Crippen molar-refractivity contribution in [2.45, 2.75) is 27.2 Å². The van der Waals surface area contributed by atoms with E-state index < -0.39 is 0 Å². The van der Waals surface area contributed by atoms with Crippen LogP contribution in [0.3, 0.4) is 0 Å². The number of aromatic nitrogens is 4. The minimum Gasteiger partial charge on any atom is -0.443 e. The molecule has 0 spiro atoms. The third kappa shape index (κ3) is 7.40. The predicted molar refractivity (Wildman–Crippen MR) is 116 cm³/mol. The molecule has 0 fully saturated rings. The maximum Gasteiger partial charge on any atom is 0.266 e. The molecule has 0 unspecified atom stereocenters. The summed E-state index contributed by atoms with van der Waals surface area (Å²) in [5, 5.41) is 7.74. The summed E-state index contributed by atoms with van der Waals surface area (Å²) < 4.78 is 10.6. The van der Waals surface area contributed by atoms with E-state index >= 15 is 0 Å². The van der Waals surface area contributed by atoms with Crippen molar-refractivity contribution in [3.63, 3.8) is 0 Å². The molecule has 8 nitrogen and oxygen atoms in total. The maximum atomic E-state index is 8.00. The van der Waals surface area contributed by atoms with Crippen LogP contribution in [-0.2, 0) is 11.2 Å². The molecular weight excluding hydrogens is 382 g/mol. The summed E-state index contributed by atoms with van der Waals surface area (Å²) in [5.41, 5.74) is 8.19. The Kier molecular flexibility index (Phi) is 11.0. The molecule has 0 atom stereocenters. The first-order valence-corrected chi connectivity index (χ1v) is 9.25. The number of benzene rings is 1. The molecule has 4 rings (SSSR count). The van der Waals surface area contributed by atoms with Gasteiger partial charge in [0, 0.05) is 6.92 Å². The van der Waals surface area contributed by atoms with Gasteiger partial charge in [-0.15, -0.1) is 10.2 Å². The normalized spacial score (nSPS) is 9.23. The average molecular weight is 409 g/mol. The van der Waals surface area contributed by atoms with Gasteiger partial charge in [0.15, 0.2) is 0 Å². The largest absolute Gasteiger partial charge is 0.443 e. The zero-order valence-corrected chi connectivity index (χ0v) is 17.7. The van der Waals surface area contributed by atoms with E-state index in [1.54, 1.807) is 13.1 Å². The number of aryl methyl sites for hydroxylation is 3. The van der Waals surface area contributed by atoms with Crippen molar-refractivity contribution in [2.75, 3.05) is 7.05 Å². The van der Waals surface area contributed by atoms with Gasteiger partial charge in [-0.3, -0.25) is 0 Å². The van der Waals surface area contributed by atoms with Crippen molar-refractivity contribution in [2.24, 2.45) is 5.73 Å². The molecule has 3 heterocycles. The lowest BCUT2D eigenvalue weighted by Gasteiger charge is -2.00. The first-order valence-electron chi connectivity index (χ1n) is 9.25. The van der Waals surface area contributed by atoms with Gasteiger partial charge in [-0.25, -0.2) is 9.97 Å². The van der Waals surface area contributed by atoms with Gasteiger partial charge in [-0.05, 0) is 43.7 Å². The molecule has 30 heavy (non-hydrogen) atoms. The van der Waals surface area contributed by atoms with Crippen molar-refractivity contribution >= 4 is 6.79 Å². The van der Waals surface area contributed by atoms with E-state index in [9.17, 15) is 0 Å². The van der Waals surface area contributed by atoms with Crippen molar-refractivity contribution < 1.29 is 13.6 Å². The molecule has 0 saturated carbocycles. The topological polar surface area (TPSA) is 121 Å². The molecule has 0 aliphatic heterocycles. The van der Waals surface area contributed by atoms with E-state index in [0.29, 0.717) is 29.1 Å².